The van der Waals surface area contributed by atoms with E-state index in [1.165, 1.54) is 11.3 Å². The third kappa shape index (κ3) is 6.85. The van der Waals surface area contributed by atoms with E-state index in [0.717, 1.165) is 36.5 Å². The van der Waals surface area contributed by atoms with E-state index in [9.17, 15) is 14.7 Å². The highest BCUT2D eigenvalue weighted by atomic mass is 32.1. The number of ether oxygens (including phenoxy) is 2. The number of carbonyl (C=O) groups is 2. The molecule has 2 aliphatic rings. The molecule has 0 amide bonds. The summed E-state index contributed by atoms with van der Waals surface area (Å²) in [5.41, 5.74) is 0.745. The lowest BCUT2D eigenvalue weighted by Gasteiger charge is -2.28. The zero-order valence-corrected chi connectivity index (χ0v) is 19.7. The van der Waals surface area contributed by atoms with Crippen LogP contribution in [0.25, 0.3) is 0 Å². The highest BCUT2D eigenvalue weighted by molar-refractivity contribution is 7.09. The third-order valence-corrected chi connectivity index (χ3v) is 7.06. The van der Waals surface area contributed by atoms with Crippen molar-refractivity contribution in [2.24, 2.45) is 5.92 Å². The number of likely N-dealkylation sites (tertiary alicyclic amines) is 1. The normalized spacial score (nSPS) is 17.6. The second kappa shape index (κ2) is 11.7. The Morgan fingerprint density at radius 3 is 2.61 bits per heavy atom. The molecule has 178 valence electrons. The summed E-state index contributed by atoms with van der Waals surface area (Å²) in [6, 6.07) is 5.52. The fraction of sp³-hybridized carbons (Fsp3) is 0.560. The van der Waals surface area contributed by atoms with Crippen molar-refractivity contribution in [1.82, 2.24) is 9.88 Å². The van der Waals surface area contributed by atoms with Gasteiger partial charge in [-0.3, -0.25) is 9.59 Å². The average Bonchev–Trinajstić information content (AvgIpc) is 3.52. The summed E-state index contributed by atoms with van der Waals surface area (Å²) in [5.74, 6) is 1.33. The number of aliphatic hydroxyl groups is 1. The summed E-state index contributed by atoms with van der Waals surface area (Å²) in [6.45, 7) is 3.70. The summed E-state index contributed by atoms with van der Waals surface area (Å²) in [4.78, 5) is 31.4. The van der Waals surface area contributed by atoms with E-state index in [4.69, 9.17) is 9.47 Å². The number of fused-ring (bicyclic) bond motifs is 1. The molecule has 2 aromatic rings. The second-order valence-corrected chi connectivity index (χ2v) is 9.83. The number of benzene rings is 1. The predicted octanol–water partition coefficient (Wildman–Crippen LogP) is 3.60. The molecule has 0 aliphatic carbocycles. The number of aliphatic hydroxyl groups excluding tert-OH is 1. The van der Waals surface area contributed by atoms with Gasteiger partial charge in [0.05, 0.1) is 17.5 Å². The first-order valence-corrected chi connectivity index (χ1v) is 12.7. The minimum Gasteiger partial charge on any atom is -0.486 e. The maximum absolute atomic E-state index is 12.8. The van der Waals surface area contributed by atoms with Crippen LogP contribution in [-0.4, -0.2) is 59.4 Å². The summed E-state index contributed by atoms with van der Waals surface area (Å²) in [7, 11) is 0. The summed E-state index contributed by atoms with van der Waals surface area (Å²) >= 11 is 1.48. The molecule has 1 N–H and O–H groups in total. The van der Waals surface area contributed by atoms with Crippen LogP contribution in [-0.2, 0) is 16.0 Å². The number of rotatable bonds is 12. The predicted molar refractivity (Wildman–Crippen MR) is 126 cm³/mol. The number of thiazole rings is 1. The molecule has 2 aliphatic heterocycles. The van der Waals surface area contributed by atoms with Crippen molar-refractivity contribution in [3.63, 3.8) is 0 Å². The van der Waals surface area contributed by atoms with E-state index in [2.05, 4.69) is 9.88 Å². The first-order valence-electron chi connectivity index (χ1n) is 11.8. The van der Waals surface area contributed by atoms with Crippen molar-refractivity contribution in [2.45, 2.75) is 51.0 Å². The lowest BCUT2D eigenvalue weighted by Crippen LogP contribution is -2.31. The number of ketones is 2. The number of hydrogen-bond donors (Lipinski definition) is 1. The molecule has 2 atom stereocenters. The van der Waals surface area contributed by atoms with Crippen molar-refractivity contribution in [3.05, 3.63) is 40.3 Å². The molecule has 1 aromatic heterocycles. The Morgan fingerprint density at radius 1 is 1.09 bits per heavy atom. The van der Waals surface area contributed by atoms with Gasteiger partial charge in [-0.05, 0) is 50.0 Å². The Kier molecular flexibility index (Phi) is 8.47. The quantitative estimate of drug-likeness (QED) is 0.505. The summed E-state index contributed by atoms with van der Waals surface area (Å²) < 4.78 is 11.3. The lowest BCUT2D eigenvalue weighted by atomic mass is 9.89. The van der Waals surface area contributed by atoms with Gasteiger partial charge in [-0.15, -0.1) is 11.3 Å². The van der Waals surface area contributed by atoms with E-state index in [1.54, 1.807) is 6.20 Å². The zero-order chi connectivity index (χ0) is 23.0. The van der Waals surface area contributed by atoms with Crippen LogP contribution in [0.4, 0.5) is 0 Å². The van der Waals surface area contributed by atoms with Crippen molar-refractivity contribution in [1.29, 1.82) is 0 Å². The van der Waals surface area contributed by atoms with Crippen LogP contribution in [0.3, 0.4) is 0 Å². The minimum atomic E-state index is -0.767. The first-order chi connectivity index (χ1) is 16.1. The molecule has 3 heterocycles. The SMILES string of the molecule is O=C(CCCC(=O)C[C@H](CN1CCCC1)[C@H](O)c1ccc2c(c1)OCCO2)Cc1nccs1. The van der Waals surface area contributed by atoms with Crippen molar-refractivity contribution < 1.29 is 24.2 Å². The monoisotopic (exact) mass is 472 g/mol. The van der Waals surface area contributed by atoms with E-state index in [-0.39, 0.29) is 17.5 Å². The van der Waals surface area contributed by atoms with E-state index in [0.29, 0.717) is 63.4 Å². The molecule has 8 heteroatoms. The molecule has 33 heavy (non-hydrogen) atoms. The summed E-state index contributed by atoms with van der Waals surface area (Å²) in [6.07, 6.45) is 5.16. The van der Waals surface area contributed by atoms with Gasteiger partial charge in [-0.2, -0.15) is 0 Å². The van der Waals surface area contributed by atoms with Crippen LogP contribution >= 0.6 is 11.3 Å². The Hall–Kier alpha value is -2.29. The Labute approximate surface area is 198 Å². The smallest absolute Gasteiger partial charge is 0.161 e. The number of carbonyl (C=O) groups excluding carboxylic acids is 2. The lowest BCUT2D eigenvalue weighted by molar-refractivity contribution is -0.121. The fourth-order valence-corrected chi connectivity index (χ4v) is 5.21. The van der Waals surface area contributed by atoms with Gasteiger partial charge in [0.25, 0.3) is 0 Å². The minimum absolute atomic E-state index is 0.0952. The first kappa shape index (κ1) is 23.9. The molecule has 1 saturated heterocycles. The van der Waals surface area contributed by atoms with Gasteiger partial charge in [0.1, 0.15) is 24.8 Å². The molecule has 0 bridgehead atoms. The number of nitrogens with zero attached hydrogens (tertiary/aromatic N) is 2. The van der Waals surface area contributed by atoms with Crippen LogP contribution in [0.5, 0.6) is 11.5 Å². The molecule has 7 nitrogen and oxygen atoms in total. The second-order valence-electron chi connectivity index (χ2n) is 8.85. The zero-order valence-electron chi connectivity index (χ0n) is 18.9. The average molecular weight is 473 g/mol. The molecular formula is C25H32N2O5S. The molecule has 0 spiro atoms. The van der Waals surface area contributed by atoms with Gasteiger partial charge in [0.15, 0.2) is 11.5 Å². The summed E-state index contributed by atoms with van der Waals surface area (Å²) in [5, 5.41) is 13.9. The molecule has 0 radical (unpaired) electrons. The maximum atomic E-state index is 12.8. The van der Waals surface area contributed by atoms with E-state index < -0.39 is 6.10 Å². The van der Waals surface area contributed by atoms with E-state index >= 15 is 0 Å². The molecule has 1 fully saturated rings. The Bertz CT molecular complexity index is 927. The van der Waals surface area contributed by atoms with E-state index in [1.807, 2.05) is 23.6 Å². The number of Topliss-reactive ketones (excluding diaryl/α,β-unsaturated/α-hetero) is 2. The molecule has 1 aromatic carbocycles. The highest BCUT2D eigenvalue weighted by Crippen LogP contribution is 2.35. The van der Waals surface area contributed by atoms with Crippen LogP contribution in [0.1, 0.15) is 55.2 Å². The Balaban J connectivity index is 1.33. The third-order valence-electron chi connectivity index (χ3n) is 6.28. The van der Waals surface area contributed by atoms with Gasteiger partial charge in [-0.25, -0.2) is 4.98 Å². The highest BCUT2D eigenvalue weighted by Gasteiger charge is 2.28. The van der Waals surface area contributed by atoms with Crippen molar-refractivity contribution in [3.8, 4) is 11.5 Å². The molecule has 0 saturated carbocycles. The number of aromatic nitrogens is 1. The van der Waals surface area contributed by atoms with Gasteiger partial charge in [0, 0.05) is 43.3 Å². The number of hydrogen-bond acceptors (Lipinski definition) is 8. The van der Waals surface area contributed by atoms with Gasteiger partial charge >= 0.3 is 0 Å². The molecule has 4 rings (SSSR count). The van der Waals surface area contributed by atoms with Gasteiger partial charge in [-0.1, -0.05) is 6.07 Å². The fourth-order valence-electron chi connectivity index (χ4n) is 4.56. The van der Waals surface area contributed by atoms with Gasteiger partial charge in [0.2, 0.25) is 0 Å². The Morgan fingerprint density at radius 2 is 1.85 bits per heavy atom. The van der Waals surface area contributed by atoms with Crippen molar-refractivity contribution in [2.75, 3.05) is 32.8 Å². The van der Waals surface area contributed by atoms with Gasteiger partial charge < -0.3 is 19.5 Å². The topological polar surface area (TPSA) is 89.0 Å². The van der Waals surface area contributed by atoms with Crippen LogP contribution in [0.2, 0.25) is 0 Å². The van der Waals surface area contributed by atoms with Crippen LogP contribution in [0.15, 0.2) is 29.8 Å². The van der Waals surface area contributed by atoms with Crippen molar-refractivity contribution >= 4 is 22.9 Å². The van der Waals surface area contributed by atoms with Crippen LogP contribution in [0, 0.1) is 5.92 Å². The standard InChI is InChI=1S/C25H32N2O5S/c28-20(4-3-5-21(29)16-24-26-8-13-33-24)14-19(17-27-9-1-2-10-27)25(30)18-6-7-22-23(15-18)32-12-11-31-22/h6-8,13,15,19,25,30H,1-5,9-12,14,16-17H2/t19-,25-/m1/s1. The molecular weight excluding hydrogens is 440 g/mol. The maximum Gasteiger partial charge on any atom is 0.161 e. The molecule has 0 unspecified atom stereocenters. The largest absolute Gasteiger partial charge is 0.486 e. The van der Waals surface area contributed by atoms with Crippen LogP contribution < -0.4 is 9.47 Å².